The van der Waals surface area contributed by atoms with Crippen LogP contribution in [0.25, 0.3) is 0 Å². The van der Waals surface area contributed by atoms with Gasteiger partial charge in [-0.3, -0.25) is 0 Å². The van der Waals surface area contributed by atoms with Crippen molar-refractivity contribution in [2.75, 3.05) is 0 Å². The van der Waals surface area contributed by atoms with Gasteiger partial charge in [0.25, 0.3) is 0 Å². The first-order chi connectivity index (χ1) is 9.40. The summed E-state index contributed by atoms with van der Waals surface area (Å²) in [7, 11) is -3.56. The van der Waals surface area contributed by atoms with Gasteiger partial charge in [0, 0.05) is 6.04 Å². The molecule has 1 aromatic carbocycles. The van der Waals surface area contributed by atoms with E-state index < -0.39 is 16.1 Å². The molecule has 0 aromatic heterocycles. The molecular weight excluding hydrogens is 274 g/mol. The van der Waals surface area contributed by atoms with E-state index in [0.29, 0.717) is 12.8 Å². The molecule has 1 aromatic rings. The average molecular weight is 297 g/mol. The van der Waals surface area contributed by atoms with Gasteiger partial charge in [-0.15, -0.1) is 0 Å². The number of benzene rings is 1. The summed E-state index contributed by atoms with van der Waals surface area (Å²) in [6.45, 7) is 3.85. The van der Waals surface area contributed by atoms with Crippen LogP contribution in [0.15, 0.2) is 23.1 Å². The average Bonchev–Trinajstić information content (AvgIpc) is 2.58. The molecule has 1 aliphatic carbocycles. The van der Waals surface area contributed by atoms with Crippen LogP contribution in [0.2, 0.25) is 0 Å². The number of aliphatic hydroxyl groups is 1. The molecule has 2 rings (SSSR count). The Morgan fingerprint density at radius 3 is 2.50 bits per heavy atom. The number of hydrogen-bond acceptors (Lipinski definition) is 3. The predicted molar refractivity (Wildman–Crippen MR) is 79.1 cm³/mol. The number of aryl methyl sites for hydroxylation is 2. The highest BCUT2D eigenvalue weighted by Crippen LogP contribution is 2.21. The SMILES string of the molecule is Cc1ccc(S(=O)(=O)NC2CCCCCC2O)cc1C. The zero-order valence-electron chi connectivity index (χ0n) is 12.1. The van der Waals surface area contributed by atoms with Gasteiger partial charge in [-0.1, -0.05) is 25.3 Å². The van der Waals surface area contributed by atoms with Crippen LogP contribution in [-0.2, 0) is 10.0 Å². The summed E-state index contributed by atoms with van der Waals surface area (Å²) in [5.74, 6) is 0. The monoisotopic (exact) mass is 297 g/mol. The van der Waals surface area contributed by atoms with Gasteiger partial charge in [-0.2, -0.15) is 0 Å². The number of aliphatic hydroxyl groups excluding tert-OH is 1. The highest BCUT2D eigenvalue weighted by Gasteiger charge is 2.27. The lowest BCUT2D eigenvalue weighted by atomic mass is 10.1. The normalized spacial score (nSPS) is 24.4. The second-order valence-electron chi connectivity index (χ2n) is 5.68. The van der Waals surface area contributed by atoms with Crippen LogP contribution in [0.5, 0.6) is 0 Å². The predicted octanol–water partition coefficient (Wildman–Crippen LogP) is 2.28. The summed E-state index contributed by atoms with van der Waals surface area (Å²) in [6.07, 6.45) is 3.75. The molecule has 1 saturated carbocycles. The molecule has 4 nitrogen and oxygen atoms in total. The first-order valence-corrected chi connectivity index (χ1v) is 8.66. The van der Waals surface area contributed by atoms with Gasteiger partial charge in [-0.25, -0.2) is 13.1 Å². The third kappa shape index (κ3) is 3.59. The van der Waals surface area contributed by atoms with E-state index in [0.717, 1.165) is 30.4 Å². The summed E-state index contributed by atoms with van der Waals surface area (Å²) < 4.78 is 27.5. The highest BCUT2D eigenvalue weighted by atomic mass is 32.2. The fourth-order valence-corrected chi connectivity index (χ4v) is 3.96. The van der Waals surface area contributed by atoms with Crippen molar-refractivity contribution in [1.82, 2.24) is 4.72 Å². The summed E-state index contributed by atoms with van der Waals surface area (Å²) >= 11 is 0. The minimum Gasteiger partial charge on any atom is -0.391 e. The molecule has 2 unspecified atom stereocenters. The zero-order chi connectivity index (χ0) is 14.8. The van der Waals surface area contributed by atoms with E-state index in [4.69, 9.17) is 0 Å². The first kappa shape index (κ1) is 15.5. The Hall–Kier alpha value is -0.910. The van der Waals surface area contributed by atoms with Crippen molar-refractivity contribution >= 4 is 10.0 Å². The third-order valence-corrected chi connectivity index (χ3v) is 5.56. The minimum atomic E-state index is -3.56. The Morgan fingerprint density at radius 1 is 1.10 bits per heavy atom. The zero-order valence-corrected chi connectivity index (χ0v) is 12.9. The van der Waals surface area contributed by atoms with Crippen molar-refractivity contribution in [3.05, 3.63) is 29.3 Å². The van der Waals surface area contributed by atoms with E-state index in [1.807, 2.05) is 19.9 Å². The van der Waals surface area contributed by atoms with Gasteiger partial charge < -0.3 is 5.11 Å². The van der Waals surface area contributed by atoms with Crippen molar-refractivity contribution in [2.45, 2.75) is 63.0 Å². The number of nitrogens with one attached hydrogen (secondary N) is 1. The summed E-state index contributed by atoms with van der Waals surface area (Å²) in [4.78, 5) is 0.275. The molecule has 0 spiro atoms. The summed E-state index contributed by atoms with van der Waals surface area (Å²) in [5, 5.41) is 10.0. The van der Waals surface area contributed by atoms with Crippen LogP contribution in [-0.4, -0.2) is 25.7 Å². The molecule has 1 aliphatic rings. The van der Waals surface area contributed by atoms with Crippen molar-refractivity contribution in [3.8, 4) is 0 Å². The fourth-order valence-electron chi connectivity index (χ4n) is 2.57. The quantitative estimate of drug-likeness (QED) is 0.841. The molecule has 1 fully saturated rings. The molecule has 0 radical (unpaired) electrons. The molecule has 20 heavy (non-hydrogen) atoms. The molecule has 0 saturated heterocycles. The van der Waals surface area contributed by atoms with Crippen molar-refractivity contribution in [2.24, 2.45) is 0 Å². The van der Waals surface area contributed by atoms with Crippen LogP contribution >= 0.6 is 0 Å². The summed E-state index contributed by atoms with van der Waals surface area (Å²) in [5.41, 5.74) is 2.02. The lowest BCUT2D eigenvalue weighted by Gasteiger charge is -2.21. The van der Waals surface area contributed by atoms with E-state index in [-0.39, 0.29) is 10.9 Å². The molecule has 112 valence electrons. The molecule has 0 heterocycles. The Labute approximate surface area is 121 Å². The Kier molecular flexibility index (Phi) is 4.83. The molecule has 0 bridgehead atoms. The topological polar surface area (TPSA) is 66.4 Å². The van der Waals surface area contributed by atoms with E-state index in [9.17, 15) is 13.5 Å². The highest BCUT2D eigenvalue weighted by molar-refractivity contribution is 7.89. The third-order valence-electron chi connectivity index (χ3n) is 4.07. The van der Waals surface area contributed by atoms with Crippen molar-refractivity contribution in [3.63, 3.8) is 0 Å². The van der Waals surface area contributed by atoms with Gasteiger partial charge in [0.1, 0.15) is 0 Å². The molecular formula is C15H23NO3S. The second-order valence-corrected chi connectivity index (χ2v) is 7.39. The summed E-state index contributed by atoms with van der Waals surface area (Å²) in [6, 6.07) is 4.74. The molecule has 5 heteroatoms. The van der Waals surface area contributed by atoms with Crippen molar-refractivity contribution in [1.29, 1.82) is 0 Å². The molecule has 0 aliphatic heterocycles. The molecule has 2 atom stereocenters. The van der Waals surface area contributed by atoms with Gasteiger partial charge in [-0.05, 0) is 49.9 Å². The molecule has 2 N–H and O–H groups in total. The van der Waals surface area contributed by atoms with Gasteiger partial charge in [0.15, 0.2) is 0 Å². The van der Waals surface area contributed by atoms with E-state index in [1.165, 1.54) is 0 Å². The number of hydrogen-bond donors (Lipinski definition) is 2. The number of rotatable bonds is 3. The molecule has 0 amide bonds. The minimum absolute atomic E-state index is 0.275. The van der Waals surface area contributed by atoms with E-state index in [2.05, 4.69) is 4.72 Å². The Morgan fingerprint density at radius 2 is 1.80 bits per heavy atom. The maximum atomic E-state index is 12.4. The maximum Gasteiger partial charge on any atom is 0.240 e. The van der Waals surface area contributed by atoms with E-state index >= 15 is 0 Å². The van der Waals surface area contributed by atoms with Crippen LogP contribution in [0, 0.1) is 13.8 Å². The van der Waals surface area contributed by atoms with Crippen LogP contribution in [0.1, 0.15) is 43.2 Å². The standard InChI is InChI=1S/C15H23NO3S/c1-11-8-9-13(10-12(11)2)20(18,19)16-14-6-4-3-5-7-15(14)17/h8-10,14-17H,3-7H2,1-2H3. The van der Waals surface area contributed by atoms with Gasteiger partial charge in [0.2, 0.25) is 10.0 Å². The first-order valence-electron chi connectivity index (χ1n) is 7.18. The van der Waals surface area contributed by atoms with Crippen LogP contribution in [0.3, 0.4) is 0 Å². The van der Waals surface area contributed by atoms with Crippen LogP contribution in [0.4, 0.5) is 0 Å². The van der Waals surface area contributed by atoms with Gasteiger partial charge >= 0.3 is 0 Å². The Bertz CT molecular complexity index is 568. The lowest BCUT2D eigenvalue weighted by Crippen LogP contribution is -2.42. The second kappa shape index (κ2) is 6.24. The van der Waals surface area contributed by atoms with Gasteiger partial charge in [0.05, 0.1) is 11.0 Å². The largest absolute Gasteiger partial charge is 0.391 e. The number of sulfonamides is 1. The fraction of sp³-hybridized carbons (Fsp3) is 0.600. The van der Waals surface area contributed by atoms with E-state index in [1.54, 1.807) is 12.1 Å². The van der Waals surface area contributed by atoms with Crippen molar-refractivity contribution < 1.29 is 13.5 Å². The maximum absolute atomic E-state index is 12.4. The smallest absolute Gasteiger partial charge is 0.240 e. The Balaban J connectivity index is 2.19. The lowest BCUT2D eigenvalue weighted by molar-refractivity contribution is 0.130. The van der Waals surface area contributed by atoms with Crippen LogP contribution < -0.4 is 4.72 Å².